The number of carbonyl (C=O) groups is 3. The van der Waals surface area contributed by atoms with Gasteiger partial charge in [0.05, 0.1) is 12.1 Å². The first-order valence-electron chi connectivity index (χ1n) is 15.0. The van der Waals surface area contributed by atoms with E-state index in [0.717, 1.165) is 29.8 Å². The lowest BCUT2D eigenvalue weighted by Crippen LogP contribution is -2.44. The number of aryl methyl sites for hydroxylation is 1. The summed E-state index contributed by atoms with van der Waals surface area (Å²) in [7, 11) is 1.49. The lowest BCUT2D eigenvalue weighted by molar-refractivity contribution is -0.120. The van der Waals surface area contributed by atoms with Gasteiger partial charge >= 0.3 is 0 Å². The highest BCUT2D eigenvalue weighted by Gasteiger charge is 2.48. The number of hydrogen-bond acceptors (Lipinski definition) is 6. The van der Waals surface area contributed by atoms with Crippen molar-refractivity contribution in [2.24, 2.45) is 10.8 Å². The highest BCUT2D eigenvalue weighted by molar-refractivity contribution is 6.32. The van der Waals surface area contributed by atoms with Gasteiger partial charge in [0.15, 0.2) is 29.7 Å². The minimum atomic E-state index is -0.565. The fourth-order valence-electron chi connectivity index (χ4n) is 6.81. The molecule has 9 heteroatoms. The number of rotatable bonds is 7. The van der Waals surface area contributed by atoms with Crippen LogP contribution in [0, 0.1) is 17.8 Å². The molecule has 3 aliphatic rings. The number of anilines is 1. The molecule has 7 nitrogen and oxygen atoms in total. The van der Waals surface area contributed by atoms with Crippen LogP contribution in [0.25, 0.3) is 0 Å². The van der Waals surface area contributed by atoms with Crippen molar-refractivity contribution in [3.05, 3.63) is 74.0 Å². The molecule has 2 aromatic carbocycles. The molecule has 0 radical (unpaired) electrons. The second-order valence-electron chi connectivity index (χ2n) is 13.6. The van der Waals surface area contributed by atoms with Gasteiger partial charge < -0.3 is 19.7 Å². The molecule has 2 aliphatic carbocycles. The lowest BCUT2D eigenvalue weighted by Gasteiger charge is -2.49. The van der Waals surface area contributed by atoms with E-state index < -0.39 is 11.8 Å². The highest BCUT2D eigenvalue weighted by Crippen LogP contribution is 2.55. The van der Waals surface area contributed by atoms with E-state index in [1.807, 2.05) is 13.0 Å². The van der Waals surface area contributed by atoms with E-state index in [2.05, 4.69) is 44.8 Å². The molecule has 0 unspecified atom stereocenters. The van der Waals surface area contributed by atoms with E-state index in [-0.39, 0.29) is 39.8 Å². The fraction of sp³-hybridized carbons (Fsp3) is 0.457. The summed E-state index contributed by atoms with van der Waals surface area (Å²) < 4.78 is 11.6. The average Bonchev–Trinajstić information content (AvgIpc) is 2.91. The van der Waals surface area contributed by atoms with Gasteiger partial charge in [-0.25, -0.2) is 0 Å². The lowest BCUT2D eigenvalue weighted by atomic mass is 9.63. The third kappa shape index (κ3) is 6.14. The molecule has 44 heavy (non-hydrogen) atoms. The summed E-state index contributed by atoms with van der Waals surface area (Å²) in [6.45, 7) is 12.8. The molecule has 0 spiro atoms. The summed E-state index contributed by atoms with van der Waals surface area (Å²) in [5.41, 5.74) is 5.07. The van der Waals surface area contributed by atoms with E-state index in [0.29, 0.717) is 52.6 Å². The van der Waals surface area contributed by atoms with E-state index in [1.54, 1.807) is 24.3 Å². The number of halogens is 2. The van der Waals surface area contributed by atoms with E-state index in [4.69, 9.17) is 32.7 Å². The molecule has 0 atom stereocenters. The fourth-order valence-corrected chi connectivity index (χ4v) is 7.27. The Kier molecular flexibility index (Phi) is 8.69. The van der Waals surface area contributed by atoms with Gasteiger partial charge in [0, 0.05) is 58.6 Å². The molecule has 1 amide bonds. The van der Waals surface area contributed by atoms with Crippen molar-refractivity contribution in [3.63, 3.8) is 0 Å². The number of allylic oxidation sites excluding steroid dienone is 4. The molecule has 0 aromatic heterocycles. The Hall–Kier alpha value is -3.29. The molecule has 0 bridgehead atoms. The number of benzene rings is 2. The molecule has 1 heterocycles. The first-order valence-corrected chi connectivity index (χ1v) is 15.8. The summed E-state index contributed by atoms with van der Waals surface area (Å²) in [6, 6.07) is 8.77. The Morgan fingerprint density at radius 2 is 1.52 bits per heavy atom. The number of Topliss-reactive ketones (excluding diaryl/α,β-unsaturated/α-hetero) is 2. The van der Waals surface area contributed by atoms with Crippen LogP contribution < -0.4 is 14.8 Å². The minimum absolute atomic E-state index is 0.0483. The van der Waals surface area contributed by atoms with Crippen LogP contribution in [0.3, 0.4) is 0 Å². The van der Waals surface area contributed by atoms with Crippen LogP contribution in [0.5, 0.6) is 11.5 Å². The van der Waals surface area contributed by atoms with Crippen LogP contribution in [0.1, 0.15) is 77.3 Å². The topological polar surface area (TPSA) is 84.9 Å². The first-order chi connectivity index (χ1) is 20.6. The maximum absolute atomic E-state index is 13.9. The predicted molar refractivity (Wildman–Crippen MR) is 174 cm³/mol. The Balaban J connectivity index is 1.53. The zero-order valence-corrected chi connectivity index (χ0v) is 28.0. The van der Waals surface area contributed by atoms with Gasteiger partial charge in [0.1, 0.15) is 0 Å². The zero-order chi connectivity index (χ0) is 32.1. The van der Waals surface area contributed by atoms with Crippen LogP contribution in [0.15, 0.2) is 52.9 Å². The molecule has 2 aromatic rings. The SMILES string of the molecule is CCN1C2=C(C(=O)CC(C)(C)C2)C(c2cc(Cl)c(OCC(=O)Nc3ccc(C)c(Cl)c3)c(OC)c2)C2=C1CC(C)(C)CC2=O. The summed E-state index contributed by atoms with van der Waals surface area (Å²) in [4.78, 5) is 42.7. The van der Waals surface area contributed by atoms with Crippen LogP contribution >= 0.6 is 23.2 Å². The number of nitrogens with zero attached hydrogens (tertiary/aromatic N) is 1. The Labute approximate surface area is 269 Å². The van der Waals surface area contributed by atoms with E-state index >= 15 is 0 Å². The third-order valence-electron chi connectivity index (χ3n) is 8.73. The van der Waals surface area contributed by atoms with Crippen LogP contribution in [-0.2, 0) is 14.4 Å². The number of nitrogens with one attached hydrogen (secondary N) is 1. The number of carbonyl (C=O) groups excluding carboxylic acids is 3. The highest BCUT2D eigenvalue weighted by atomic mass is 35.5. The van der Waals surface area contributed by atoms with Crippen molar-refractivity contribution < 1.29 is 23.9 Å². The van der Waals surface area contributed by atoms with E-state index in [9.17, 15) is 14.4 Å². The van der Waals surface area contributed by atoms with Gasteiger partial charge in [-0.1, -0.05) is 57.0 Å². The van der Waals surface area contributed by atoms with Gasteiger partial charge in [0.2, 0.25) is 0 Å². The van der Waals surface area contributed by atoms with Crippen LogP contribution in [-0.4, -0.2) is 42.6 Å². The summed E-state index contributed by atoms with van der Waals surface area (Å²) >= 11 is 13.0. The Morgan fingerprint density at radius 3 is 2.05 bits per heavy atom. The number of ether oxygens (including phenoxy) is 2. The maximum Gasteiger partial charge on any atom is 0.262 e. The molecule has 1 aliphatic heterocycles. The Morgan fingerprint density at radius 1 is 0.932 bits per heavy atom. The molecular formula is C35H40Cl2N2O5. The second kappa shape index (κ2) is 11.9. The summed E-state index contributed by atoms with van der Waals surface area (Å²) in [5, 5.41) is 3.54. The number of amides is 1. The molecule has 0 saturated heterocycles. The van der Waals surface area contributed by atoms with Crippen molar-refractivity contribution in [1.82, 2.24) is 4.90 Å². The maximum atomic E-state index is 13.9. The smallest absolute Gasteiger partial charge is 0.262 e. The minimum Gasteiger partial charge on any atom is -0.493 e. The normalized spacial score (nSPS) is 19.5. The predicted octanol–water partition coefficient (Wildman–Crippen LogP) is 8.03. The quantitative estimate of drug-likeness (QED) is 0.330. The molecule has 0 fully saturated rings. The Bertz CT molecular complexity index is 1570. The van der Waals surface area contributed by atoms with Crippen LogP contribution in [0.2, 0.25) is 10.0 Å². The summed E-state index contributed by atoms with van der Waals surface area (Å²) in [5.74, 6) is -0.344. The molecular weight excluding hydrogens is 599 g/mol. The van der Waals surface area contributed by atoms with Gasteiger partial charge in [-0.05, 0) is 72.9 Å². The molecule has 234 valence electrons. The summed E-state index contributed by atoms with van der Waals surface area (Å²) in [6.07, 6.45) is 2.26. The van der Waals surface area contributed by atoms with Crippen molar-refractivity contribution >= 4 is 46.4 Å². The monoisotopic (exact) mass is 638 g/mol. The van der Waals surface area contributed by atoms with Gasteiger partial charge in [-0.15, -0.1) is 0 Å². The zero-order valence-electron chi connectivity index (χ0n) is 26.5. The molecule has 5 rings (SSSR count). The third-order valence-corrected chi connectivity index (χ3v) is 9.41. The largest absolute Gasteiger partial charge is 0.493 e. The van der Waals surface area contributed by atoms with Gasteiger partial charge in [-0.3, -0.25) is 14.4 Å². The number of hydrogen-bond donors (Lipinski definition) is 1. The standard InChI is InChI=1S/C35H40Cl2N2O5/c1-8-39-24-14-34(3,4)16-26(40)31(24)30(32-25(39)15-35(5,6)17-27(32)41)20-11-23(37)33(28(12-20)43-7)44-18-29(42)38-21-10-9-19(2)22(36)13-21/h9-13,30H,8,14-18H2,1-7H3,(H,38,42). The first kappa shape index (κ1) is 32.1. The van der Waals surface area contributed by atoms with Crippen molar-refractivity contribution in [2.45, 2.75) is 73.1 Å². The number of methoxy groups -OCH3 is 1. The van der Waals surface area contributed by atoms with E-state index in [1.165, 1.54) is 7.11 Å². The van der Waals surface area contributed by atoms with Crippen LogP contribution in [0.4, 0.5) is 5.69 Å². The molecule has 1 N–H and O–H groups in total. The van der Waals surface area contributed by atoms with Crippen molar-refractivity contribution in [1.29, 1.82) is 0 Å². The van der Waals surface area contributed by atoms with Gasteiger partial charge in [-0.2, -0.15) is 0 Å². The second-order valence-corrected chi connectivity index (χ2v) is 14.4. The number of ketones is 2. The van der Waals surface area contributed by atoms with Gasteiger partial charge in [0.25, 0.3) is 5.91 Å². The van der Waals surface area contributed by atoms with Crippen molar-refractivity contribution in [2.75, 3.05) is 25.6 Å². The van der Waals surface area contributed by atoms with Crippen molar-refractivity contribution in [3.8, 4) is 11.5 Å². The average molecular weight is 640 g/mol. The molecule has 0 saturated carbocycles.